The molecule has 2 N–H and O–H groups in total. The molecule has 1 heterocycles. The highest BCUT2D eigenvalue weighted by atomic mass is 32.2. The second-order valence-corrected chi connectivity index (χ2v) is 6.89. The molecule has 0 amide bonds. The van der Waals surface area contributed by atoms with Crippen LogP contribution in [0, 0.1) is 6.92 Å². The zero-order valence-corrected chi connectivity index (χ0v) is 13.5. The summed E-state index contributed by atoms with van der Waals surface area (Å²) in [5, 5.41) is 6.09. The third-order valence-electron chi connectivity index (χ3n) is 2.95. The van der Waals surface area contributed by atoms with Crippen molar-refractivity contribution in [2.45, 2.75) is 20.3 Å². The largest absolute Gasteiger partial charge is 0.373 e. The molecule has 0 aliphatic carbocycles. The van der Waals surface area contributed by atoms with E-state index in [0.29, 0.717) is 12.4 Å². The van der Waals surface area contributed by atoms with Gasteiger partial charge in [0.05, 0.1) is 5.75 Å². The second-order valence-electron chi connectivity index (χ2n) is 4.59. The predicted octanol–water partition coefficient (Wildman–Crippen LogP) is 0.692. The van der Waals surface area contributed by atoms with Crippen molar-refractivity contribution in [2.75, 3.05) is 44.1 Å². The van der Waals surface area contributed by atoms with Crippen LogP contribution in [0.4, 0.5) is 11.6 Å². The molecule has 1 aromatic heterocycles. The first-order valence-corrected chi connectivity index (χ1v) is 8.12. The number of sulfonamides is 1. The quantitative estimate of drug-likeness (QED) is 0.770. The van der Waals surface area contributed by atoms with Gasteiger partial charge in [0.1, 0.15) is 17.5 Å². The Labute approximate surface area is 120 Å². The van der Waals surface area contributed by atoms with Crippen LogP contribution in [0.1, 0.15) is 18.3 Å². The lowest BCUT2D eigenvalue weighted by atomic mass is 10.3. The molecule has 0 saturated carbocycles. The topological polar surface area (TPSA) is 87.2 Å². The Morgan fingerprint density at radius 2 is 1.80 bits per heavy atom. The first kappa shape index (κ1) is 16.6. The molecule has 1 rings (SSSR count). The molecule has 0 atom stereocenters. The van der Waals surface area contributed by atoms with Gasteiger partial charge >= 0.3 is 0 Å². The summed E-state index contributed by atoms with van der Waals surface area (Å²) >= 11 is 0. The van der Waals surface area contributed by atoms with E-state index in [2.05, 4.69) is 20.6 Å². The minimum absolute atomic E-state index is 0.0276. The molecule has 0 aliphatic rings. The summed E-state index contributed by atoms with van der Waals surface area (Å²) in [6.07, 6.45) is 0.722. The molecule has 0 unspecified atom stereocenters. The van der Waals surface area contributed by atoms with Gasteiger partial charge < -0.3 is 10.6 Å². The molecule has 114 valence electrons. The van der Waals surface area contributed by atoms with Crippen molar-refractivity contribution in [1.82, 2.24) is 14.3 Å². The Hall–Kier alpha value is -1.41. The van der Waals surface area contributed by atoms with Crippen molar-refractivity contribution < 1.29 is 8.42 Å². The molecule has 7 nitrogen and oxygen atoms in total. The van der Waals surface area contributed by atoms with Crippen LogP contribution in [0.25, 0.3) is 0 Å². The lowest BCUT2D eigenvalue weighted by Gasteiger charge is -2.15. The van der Waals surface area contributed by atoms with Crippen molar-refractivity contribution >= 4 is 21.7 Å². The molecule has 8 heteroatoms. The monoisotopic (exact) mass is 301 g/mol. The van der Waals surface area contributed by atoms with E-state index in [0.717, 1.165) is 23.6 Å². The standard InChI is InChI=1S/C12H23N5O2S/c1-6-10-15-11(13-3)9(2)12(16-10)14-7-8-20(18,19)17(4)5/h6-8H2,1-5H3,(H2,13,14,15,16). The fourth-order valence-electron chi connectivity index (χ4n) is 1.62. The van der Waals surface area contributed by atoms with Crippen LogP contribution in [0.15, 0.2) is 0 Å². The van der Waals surface area contributed by atoms with E-state index < -0.39 is 10.0 Å². The highest BCUT2D eigenvalue weighted by molar-refractivity contribution is 7.89. The zero-order valence-electron chi connectivity index (χ0n) is 12.7. The molecule has 0 aromatic carbocycles. The molecule has 0 radical (unpaired) electrons. The van der Waals surface area contributed by atoms with Crippen LogP contribution in [-0.4, -0.2) is 56.1 Å². The summed E-state index contributed by atoms with van der Waals surface area (Å²) in [6, 6.07) is 0. The Morgan fingerprint density at radius 3 is 2.30 bits per heavy atom. The van der Waals surface area contributed by atoms with Crippen LogP contribution < -0.4 is 10.6 Å². The average molecular weight is 301 g/mol. The number of hydrogen-bond donors (Lipinski definition) is 2. The van der Waals surface area contributed by atoms with E-state index in [1.807, 2.05) is 13.8 Å². The van der Waals surface area contributed by atoms with Crippen LogP contribution in [-0.2, 0) is 16.4 Å². The first-order valence-electron chi connectivity index (χ1n) is 6.51. The van der Waals surface area contributed by atoms with Gasteiger partial charge in [-0.25, -0.2) is 22.7 Å². The Morgan fingerprint density at radius 1 is 1.20 bits per heavy atom. The Kier molecular flexibility index (Phi) is 5.70. The molecule has 0 aliphatic heterocycles. The normalized spacial score (nSPS) is 11.7. The molecule has 0 saturated heterocycles. The minimum Gasteiger partial charge on any atom is -0.373 e. The van der Waals surface area contributed by atoms with Crippen LogP contribution in [0.3, 0.4) is 0 Å². The number of nitrogens with one attached hydrogen (secondary N) is 2. The molecule has 20 heavy (non-hydrogen) atoms. The van der Waals surface area contributed by atoms with Crippen LogP contribution in [0.2, 0.25) is 0 Å². The fraction of sp³-hybridized carbons (Fsp3) is 0.667. The summed E-state index contributed by atoms with van der Waals surface area (Å²) in [5.41, 5.74) is 0.881. The molecular weight excluding hydrogens is 278 g/mol. The van der Waals surface area contributed by atoms with E-state index in [1.54, 1.807) is 7.05 Å². The van der Waals surface area contributed by atoms with Crippen molar-refractivity contribution in [2.24, 2.45) is 0 Å². The molecular formula is C12H23N5O2S. The van der Waals surface area contributed by atoms with Gasteiger partial charge in [0.2, 0.25) is 10.0 Å². The lowest BCUT2D eigenvalue weighted by molar-refractivity contribution is 0.521. The second kappa shape index (κ2) is 6.85. The van der Waals surface area contributed by atoms with Crippen molar-refractivity contribution in [3.8, 4) is 0 Å². The van der Waals surface area contributed by atoms with Gasteiger partial charge in [-0.1, -0.05) is 6.92 Å². The van der Waals surface area contributed by atoms with Crippen molar-refractivity contribution in [3.63, 3.8) is 0 Å². The SMILES string of the molecule is CCc1nc(NC)c(C)c(NCCS(=O)(=O)N(C)C)n1. The molecule has 0 spiro atoms. The summed E-state index contributed by atoms with van der Waals surface area (Å²) in [7, 11) is 1.65. The fourth-order valence-corrected chi connectivity index (χ4v) is 2.34. The van der Waals surface area contributed by atoms with Gasteiger partial charge in [-0.3, -0.25) is 0 Å². The van der Waals surface area contributed by atoms with Crippen molar-refractivity contribution in [1.29, 1.82) is 0 Å². The average Bonchev–Trinajstić information content (AvgIpc) is 2.40. The number of rotatable bonds is 7. The minimum atomic E-state index is -3.20. The summed E-state index contributed by atoms with van der Waals surface area (Å²) < 4.78 is 24.6. The third-order valence-corrected chi connectivity index (χ3v) is 4.79. The van der Waals surface area contributed by atoms with E-state index in [4.69, 9.17) is 0 Å². The van der Waals surface area contributed by atoms with E-state index in [9.17, 15) is 8.42 Å². The molecule has 0 fully saturated rings. The van der Waals surface area contributed by atoms with Gasteiger partial charge in [-0.15, -0.1) is 0 Å². The number of hydrogen-bond acceptors (Lipinski definition) is 6. The number of nitrogens with zero attached hydrogens (tertiary/aromatic N) is 3. The first-order chi connectivity index (χ1) is 9.31. The predicted molar refractivity (Wildman–Crippen MR) is 81.7 cm³/mol. The third kappa shape index (κ3) is 4.04. The number of aromatic nitrogens is 2. The number of aryl methyl sites for hydroxylation is 1. The summed E-state index contributed by atoms with van der Waals surface area (Å²) in [6.45, 7) is 4.18. The highest BCUT2D eigenvalue weighted by Crippen LogP contribution is 2.19. The van der Waals surface area contributed by atoms with Gasteiger partial charge in [0, 0.05) is 39.7 Å². The van der Waals surface area contributed by atoms with Gasteiger partial charge in [0.15, 0.2) is 0 Å². The van der Waals surface area contributed by atoms with Crippen LogP contribution in [0.5, 0.6) is 0 Å². The smallest absolute Gasteiger partial charge is 0.215 e. The zero-order chi connectivity index (χ0) is 15.3. The molecule has 0 bridgehead atoms. The van der Waals surface area contributed by atoms with Crippen molar-refractivity contribution in [3.05, 3.63) is 11.4 Å². The summed E-state index contributed by atoms with van der Waals surface area (Å²) in [4.78, 5) is 8.76. The van der Waals surface area contributed by atoms with E-state index in [1.165, 1.54) is 18.4 Å². The Bertz CT molecular complexity index is 557. The highest BCUT2D eigenvalue weighted by Gasteiger charge is 2.14. The van der Waals surface area contributed by atoms with Gasteiger partial charge in [-0.05, 0) is 6.92 Å². The number of anilines is 2. The maximum Gasteiger partial charge on any atom is 0.215 e. The Balaban J connectivity index is 2.83. The van der Waals surface area contributed by atoms with Crippen LogP contribution >= 0.6 is 0 Å². The van der Waals surface area contributed by atoms with E-state index >= 15 is 0 Å². The summed E-state index contributed by atoms with van der Waals surface area (Å²) in [5.74, 6) is 2.18. The lowest BCUT2D eigenvalue weighted by Crippen LogP contribution is -2.28. The molecule has 1 aromatic rings. The maximum atomic E-state index is 11.7. The maximum absolute atomic E-state index is 11.7. The van der Waals surface area contributed by atoms with E-state index in [-0.39, 0.29) is 5.75 Å². The van der Waals surface area contributed by atoms with Gasteiger partial charge in [-0.2, -0.15) is 0 Å². The van der Waals surface area contributed by atoms with Gasteiger partial charge in [0.25, 0.3) is 0 Å².